The van der Waals surface area contributed by atoms with E-state index in [4.69, 9.17) is 11.6 Å². The Labute approximate surface area is 103 Å². The summed E-state index contributed by atoms with van der Waals surface area (Å²) in [5.74, 6) is 0. The van der Waals surface area contributed by atoms with Crippen LogP contribution >= 0.6 is 11.6 Å². The quantitative estimate of drug-likeness (QED) is 0.789. The van der Waals surface area contributed by atoms with Gasteiger partial charge in [-0.3, -0.25) is 0 Å². The van der Waals surface area contributed by atoms with Crippen molar-refractivity contribution in [1.29, 1.82) is 0 Å². The van der Waals surface area contributed by atoms with Crippen molar-refractivity contribution in [3.05, 3.63) is 47.5 Å². The highest BCUT2D eigenvalue weighted by Crippen LogP contribution is 2.21. The molecule has 0 bridgehead atoms. The Morgan fingerprint density at radius 1 is 1.06 bits per heavy atom. The molecule has 0 fully saturated rings. The Bertz CT molecular complexity index is 641. The van der Waals surface area contributed by atoms with Gasteiger partial charge in [-0.15, -0.1) is 0 Å². The second kappa shape index (κ2) is 4.43. The summed E-state index contributed by atoms with van der Waals surface area (Å²) in [6.07, 6.45) is 0. The third-order valence-corrected chi connectivity index (χ3v) is 3.09. The molecule has 1 heterocycles. The molecule has 1 aromatic carbocycles. The van der Waals surface area contributed by atoms with Gasteiger partial charge in [0.05, 0.1) is 5.69 Å². The molecule has 0 amide bonds. The number of hydrogen-bond donors (Lipinski definition) is 0. The van der Waals surface area contributed by atoms with Gasteiger partial charge in [-0.1, -0.05) is 33.7 Å². The van der Waals surface area contributed by atoms with E-state index in [9.17, 15) is 12.3 Å². The molecule has 2 aromatic rings. The van der Waals surface area contributed by atoms with Crippen molar-refractivity contribution < 1.29 is 12.3 Å². The van der Waals surface area contributed by atoms with Crippen molar-refractivity contribution in [2.45, 2.75) is 5.03 Å². The van der Waals surface area contributed by atoms with Gasteiger partial charge in [0.1, 0.15) is 0 Å². The number of nitrogens with zero attached hydrogens (tertiary/aromatic N) is 1. The lowest BCUT2D eigenvalue weighted by Crippen LogP contribution is -1.96. The zero-order valence-electron chi connectivity index (χ0n) is 8.47. The number of rotatable bonds is 2. The normalized spacial score (nSPS) is 11.4. The van der Waals surface area contributed by atoms with Crippen molar-refractivity contribution >= 4 is 21.8 Å². The summed E-state index contributed by atoms with van der Waals surface area (Å²) >= 11 is 5.73. The van der Waals surface area contributed by atoms with Gasteiger partial charge in [0, 0.05) is 10.6 Å². The van der Waals surface area contributed by atoms with Crippen molar-refractivity contribution in [2.75, 3.05) is 0 Å². The lowest BCUT2D eigenvalue weighted by Gasteiger charge is -2.02. The van der Waals surface area contributed by atoms with Crippen LogP contribution in [0.3, 0.4) is 0 Å². The van der Waals surface area contributed by atoms with E-state index in [0.29, 0.717) is 16.3 Å². The van der Waals surface area contributed by atoms with E-state index < -0.39 is 15.2 Å². The van der Waals surface area contributed by atoms with E-state index in [0.717, 1.165) is 6.07 Å². The second-order valence-electron chi connectivity index (χ2n) is 3.31. The molecule has 0 radical (unpaired) electrons. The lowest BCUT2D eigenvalue weighted by molar-refractivity contribution is 0.548. The molecular weight excluding hydrogens is 265 g/mol. The number of halogens is 2. The predicted molar refractivity (Wildman–Crippen MR) is 63.0 cm³/mol. The first-order chi connectivity index (χ1) is 7.97. The topological polar surface area (TPSA) is 47.0 Å². The van der Waals surface area contributed by atoms with Gasteiger partial charge in [-0.05, 0) is 24.3 Å². The molecular formula is C11H7ClFNO2S. The fourth-order valence-corrected chi connectivity index (χ4v) is 1.91. The van der Waals surface area contributed by atoms with Crippen LogP contribution in [0.2, 0.25) is 5.02 Å². The van der Waals surface area contributed by atoms with Gasteiger partial charge in [-0.25, -0.2) is 4.98 Å². The van der Waals surface area contributed by atoms with Crippen LogP contribution in [0.25, 0.3) is 11.3 Å². The summed E-state index contributed by atoms with van der Waals surface area (Å²) in [6.45, 7) is 0. The van der Waals surface area contributed by atoms with Gasteiger partial charge in [0.25, 0.3) is 0 Å². The van der Waals surface area contributed by atoms with Crippen LogP contribution in [-0.2, 0) is 10.2 Å². The summed E-state index contributed by atoms with van der Waals surface area (Å²) in [7, 11) is -4.78. The summed E-state index contributed by atoms with van der Waals surface area (Å²) in [4.78, 5) is 3.74. The van der Waals surface area contributed by atoms with Gasteiger partial charge >= 0.3 is 10.2 Å². The Balaban J connectivity index is 2.50. The number of pyridine rings is 1. The van der Waals surface area contributed by atoms with Crippen molar-refractivity contribution in [3.8, 4) is 11.3 Å². The van der Waals surface area contributed by atoms with Crippen LogP contribution in [0.1, 0.15) is 0 Å². The minimum absolute atomic E-state index is 0.375. The molecule has 3 nitrogen and oxygen atoms in total. The molecule has 0 aliphatic heterocycles. The van der Waals surface area contributed by atoms with E-state index in [-0.39, 0.29) is 0 Å². The smallest absolute Gasteiger partial charge is 0.234 e. The molecule has 17 heavy (non-hydrogen) atoms. The van der Waals surface area contributed by atoms with E-state index in [1.807, 2.05) is 0 Å². The van der Waals surface area contributed by atoms with Crippen LogP contribution in [-0.4, -0.2) is 13.4 Å². The molecule has 0 aliphatic carbocycles. The second-order valence-corrected chi connectivity index (χ2v) is 5.04. The molecule has 0 saturated carbocycles. The molecule has 0 N–H and O–H groups in total. The highest BCUT2D eigenvalue weighted by molar-refractivity contribution is 7.86. The molecule has 2 rings (SSSR count). The first-order valence-corrected chi connectivity index (χ1v) is 6.40. The summed E-state index contributed by atoms with van der Waals surface area (Å²) in [5.41, 5.74) is 1.04. The van der Waals surface area contributed by atoms with Crippen LogP contribution in [0.4, 0.5) is 3.89 Å². The molecule has 0 aliphatic rings. The summed E-state index contributed by atoms with van der Waals surface area (Å²) in [5, 5.41) is -0.0343. The lowest BCUT2D eigenvalue weighted by atomic mass is 10.1. The maximum atomic E-state index is 12.8. The third kappa shape index (κ3) is 2.81. The predicted octanol–water partition coefficient (Wildman–Crippen LogP) is 3.06. The molecule has 0 unspecified atom stereocenters. The summed E-state index contributed by atoms with van der Waals surface area (Å²) in [6, 6.07) is 10.8. The fourth-order valence-electron chi connectivity index (χ4n) is 1.33. The van der Waals surface area contributed by atoms with Gasteiger partial charge < -0.3 is 0 Å². The average molecular weight is 272 g/mol. The molecule has 6 heteroatoms. The Hall–Kier alpha value is -1.46. The van der Waals surface area contributed by atoms with Crippen molar-refractivity contribution in [2.24, 2.45) is 0 Å². The van der Waals surface area contributed by atoms with Crippen LogP contribution in [0.5, 0.6) is 0 Å². The largest absolute Gasteiger partial charge is 0.349 e. The maximum Gasteiger partial charge on any atom is 0.349 e. The zero-order valence-corrected chi connectivity index (χ0v) is 10.0. The van der Waals surface area contributed by atoms with Crippen LogP contribution in [0, 0.1) is 0 Å². The van der Waals surface area contributed by atoms with E-state index >= 15 is 0 Å². The van der Waals surface area contributed by atoms with Crippen LogP contribution in [0.15, 0.2) is 47.5 Å². The Kier molecular flexibility index (Phi) is 3.13. The molecule has 0 atom stereocenters. The summed E-state index contributed by atoms with van der Waals surface area (Å²) < 4.78 is 34.2. The molecule has 88 valence electrons. The highest BCUT2D eigenvalue weighted by atomic mass is 35.5. The van der Waals surface area contributed by atoms with E-state index in [1.54, 1.807) is 30.3 Å². The highest BCUT2D eigenvalue weighted by Gasteiger charge is 2.14. The maximum absolute atomic E-state index is 12.8. The number of benzene rings is 1. The zero-order chi connectivity index (χ0) is 12.5. The fraction of sp³-hybridized carbons (Fsp3) is 0. The number of aromatic nitrogens is 1. The van der Waals surface area contributed by atoms with Crippen molar-refractivity contribution in [1.82, 2.24) is 4.98 Å². The molecule has 0 spiro atoms. The van der Waals surface area contributed by atoms with Crippen molar-refractivity contribution in [3.63, 3.8) is 0 Å². The standard InChI is InChI=1S/C11H7ClFNO2S/c12-9-6-4-8(5-7-9)10-2-1-3-11(14-10)17(13,15)16/h1-7H. The number of hydrogen-bond acceptors (Lipinski definition) is 3. The third-order valence-electron chi connectivity index (χ3n) is 2.11. The minimum Gasteiger partial charge on any atom is -0.234 e. The molecule has 1 aromatic heterocycles. The van der Waals surface area contributed by atoms with E-state index in [1.165, 1.54) is 6.07 Å². The monoisotopic (exact) mass is 271 g/mol. The van der Waals surface area contributed by atoms with Gasteiger partial charge in [0.2, 0.25) is 0 Å². The van der Waals surface area contributed by atoms with Crippen LogP contribution < -0.4 is 0 Å². The SMILES string of the molecule is O=S(=O)(F)c1cccc(-c2ccc(Cl)cc2)n1. The first kappa shape index (κ1) is 12.0. The Morgan fingerprint density at radius 3 is 2.29 bits per heavy atom. The van der Waals surface area contributed by atoms with Gasteiger partial charge in [0.15, 0.2) is 5.03 Å². The van der Waals surface area contributed by atoms with Gasteiger partial charge in [-0.2, -0.15) is 8.42 Å². The van der Waals surface area contributed by atoms with E-state index in [2.05, 4.69) is 4.98 Å². The molecule has 0 saturated heterocycles. The first-order valence-electron chi connectivity index (χ1n) is 4.64. The minimum atomic E-state index is -4.78. The average Bonchev–Trinajstić information content (AvgIpc) is 2.29. The Morgan fingerprint density at radius 2 is 1.71 bits per heavy atom.